The molecule has 168 valence electrons. The molecule has 1 aliphatic heterocycles. The van der Waals surface area contributed by atoms with Gasteiger partial charge in [-0.1, -0.05) is 35.3 Å². The summed E-state index contributed by atoms with van der Waals surface area (Å²) in [6.45, 7) is 3.34. The normalized spacial score (nSPS) is 20.6. The van der Waals surface area contributed by atoms with E-state index in [2.05, 4.69) is 28.4 Å². The van der Waals surface area contributed by atoms with Crippen molar-refractivity contribution in [1.82, 2.24) is 10.2 Å². The van der Waals surface area contributed by atoms with Gasteiger partial charge in [0.1, 0.15) is 12.4 Å². The fourth-order valence-electron chi connectivity index (χ4n) is 4.91. The number of carbonyl (C=O) groups excluding carboxylic acids is 1. The van der Waals surface area contributed by atoms with Crippen LogP contribution < -0.4 is 10.1 Å². The van der Waals surface area contributed by atoms with Gasteiger partial charge >= 0.3 is 0 Å². The van der Waals surface area contributed by atoms with Crippen molar-refractivity contribution in [1.29, 1.82) is 0 Å². The number of hydrogen-bond donors (Lipinski definition) is 1. The average Bonchev–Trinajstić information content (AvgIpc) is 3.29. The Hall–Kier alpha value is -1.46. The maximum Gasteiger partial charge on any atom is 0.207 e. The lowest BCUT2D eigenvalue weighted by atomic mass is 9.75. The van der Waals surface area contributed by atoms with Crippen LogP contribution in [-0.4, -0.2) is 43.6 Å². The Morgan fingerprint density at radius 3 is 2.65 bits per heavy atom. The third-order valence-electron chi connectivity index (χ3n) is 6.34. The van der Waals surface area contributed by atoms with Crippen molar-refractivity contribution in [3.8, 4) is 5.75 Å². The van der Waals surface area contributed by atoms with Crippen molar-refractivity contribution >= 4 is 42.0 Å². The van der Waals surface area contributed by atoms with Gasteiger partial charge in [-0.3, -0.25) is 9.69 Å². The van der Waals surface area contributed by atoms with E-state index in [1.807, 2.05) is 18.2 Å². The predicted molar refractivity (Wildman–Crippen MR) is 129 cm³/mol. The summed E-state index contributed by atoms with van der Waals surface area (Å²) < 4.78 is 5.89. The average molecular weight is 484 g/mol. The number of nitrogens with one attached hydrogen (secondary N) is 1. The van der Waals surface area contributed by atoms with Gasteiger partial charge in [0.15, 0.2) is 0 Å². The van der Waals surface area contributed by atoms with Crippen LogP contribution in [0.2, 0.25) is 10.0 Å². The first-order valence-electron chi connectivity index (χ1n) is 10.8. The molecule has 0 bridgehead atoms. The summed E-state index contributed by atoms with van der Waals surface area (Å²) in [5.41, 5.74) is 4.01. The second-order valence-electron chi connectivity index (χ2n) is 8.19. The van der Waals surface area contributed by atoms with E-state index in [9.17, 15) is 4.79 Å². The number of aryl methyl sites for hydroxylation is 1. The molecular formula is C24H29Cl3N2O2. The number of halogens is 3. The minimum Gasteiger partial charge on any atom is -0.492 e. The van der Waals surface area contributed by atoms with E-state index in [1.165, 1.54) is 49.0 Å². The van der Waals surface area contributed by atoms with Crippen LogP contribution in [0.4, 0.5) is 0 Å². The van der Waals surface area contributed by atoms with Crippen LogP contribution in [0, 0.1) is 0 Å². The second-order valence-corrected chi connectivity index (χ2v) is 9.00. The van der Waals surface area contributed by atoms with Crippen LogP contribution >= 0.6 is 35.6 Å². The molecule has 0 radical (unpaired) electrons. The summed E-state index contributed by atoms with van der Waals surface area (Å²) in [6, 6.07) is 13.0. The number of hydrogen-bond acceptors (Lipinski definition) is 3. The molecule has 0 saturated carbocycles. The summed E-state index contributed by atoms with van der Waals surface area (Å²) in [4.78, 5) is 13.1. The van der Waals surface area contributed by atoms with Gasteiger partial charge in [-0.05, 0) is 86.1 Å². The molecule has 1 amide bonds. The molecule has 4 nitrogen and oxygen atoms in total. The third kappa shape index (κ3) is 5.87. The molecule has 1 heterocycles. The van der Waals surface area contributed by atoms with Gasteiger partial charge in [0.2, 0.25) is 6.41 Å². The standard InChI is InChI=1S/C24H28Cl2N2O2.ClH/c25-22-7-3-17(14-23(22)26)13-21-20-15-19(30-12-9-27-16-29)6-4-18(20)5-8-24(21)28-10-1-2-11-28;/h3-4,6-7,14-16,21,24H,1-2,5,8-13H2,(H,27,29);1H. The smallest absolute Gasteiger partial charge is 0.207 e. The second kappa shape index (κ2) is 11.4. The van der Waals surface area contributed by atoms with Crippen molar-refractivity contribution in [3.05, 3.63) is 63.1 Å². The Kier molecular flexibility index (Phi) is 8.91. The largest absolute Gasteiger partial charge is 0.492 e. The minimum absolute atomic E-state index is 0. The molecule has 1 fully saturated rings. The molecule has 1 aliphatic carbocycles. The van der Waals surface area contributed by atoms with Gasteiger partial charge in [0, 0.05) is 12.0 Å². The highest BCUT2D eigenvalue weighted by molar-refractivity contribution is 6.42. The first-order chi connectivity index (χ1) is 14.7. The summed E-state index contributed by atoms with van der Waals surface area (Å²) in [7, 11) is 0. The van der Waals surface area contributed by atoms with E-state index < -0.39 is 0 Å². The minimum atomic E-state index is 0. The Balaban J connectivity index is 0.00000272. The van der Waals surface area contributed by atoms with Crippen LogP contribution in [0.3, 0.4) is 0 Å². The van der Waals surface area contributed by atoms with Crippen LogP contribution in [-0.2, 0) is 17.6 Å². The number of ether oxygens (including phenoxy) is 1. The lowest BCUT2D eigenvalue weighted by molar-refractivity contribution is -0.109. The number of rotatable bonds is 8. The monoisotopic (exact) mass is 482 g/mol. The predicted octanol–water partition coefficient (Wildman–Crippen LogP) is 5.28. The lowest BCUT2D eigenvalue weighted by Gasteiger charge is -2.39. The molecule has 7 heteroatoms. The van der Waals surface area contributed by atoms with Crippen LogP contribution in [0.15, 0.2) is 36.4 Å². The van der Waals surface area contributed by atoms with Gasteiger partial charge < -0.3 is 10.1 Å². The molecule has 1 saturated heterocycles. The van der Waals surface area contributed by atoms with Crippen molar-refractivity contribution in [2.75, 3.05) is 26.2 Å². The van der Waals surface area contributed by atoms with Gasteiger partial charge in [0.05, 0.1) is 16.6 Å². The van der Waals surface area contributed by atoms with E-state index in [0.717, 1.165) is 18.6 Å². The maximum absolute atomic E-state index is 10.4. The van der Waals surface area contributed by atoms with Crippen LogP contribution in [0.25, 0.3) is 0 Å². The first kappa shape index (κ1) is 24.2. The molecule has 2 aromatic rings. The van der Waals surface area contributed by atoms with E-state index in [1.54, 1.807) is 0 Å². The first-order valence-corrected chi connectivity index (χ1v) is 11.5. The molecule has 4 rings (SSSR count). The van der Waals surface area contributed by atoms with Gasteiger partial charge in [0.25, 0.3) is 0 Å². The van der Waals surface area contributed by atoms with E-state index in [0.29, 0.717) is 41.6 Å². The zero-order chi connectivity index (χ0) is 20.9. The van der Waals surface area contributed by atoms with E-state index in [-0.39, 0.29) is 12.4 Å². The zero-order valence-electron chi connectivity index (χ0n) is 17.5. The topological polar surface area (TPSA) is 41.6 Å². The highest BCUT2D eigenvalue weighted by atomic mass is 35.5. The van der Waals surface area contributed by atoms with Crippen molar-refractivity contribution in [2.24, 2.45) is 0 Å². The number of nitrogens with zero attached hydrogens (tertiary/aromatic N) is 1. The Bertz CT molecular complexity index is 887. The molecule has 2 aliphatic rings. The number of benzene rings is 2. The Morgan fingerprint density at radius 1 is 1.10 bits per heavy atom. The molecule has 1 N–H and O–H groups in total. The van der Waals surface area contributed by atoms with Crippen molar-refractivity contribution in [3.63, 3.8) is 0 Å². The van der Waals surface area contributed by atoms with Gasteiger partial charge in [-0.2, -0.15) is 0 Å². The highest BCUT2D eigenvalue weighted by Gasteiger charge is 2.35. The van der Waals surface area contributed by atoms with E-state index >= 15 is 0 Å². The summed E-state index contributed by atoms with van der Waals surface area (Å²) in [5, 5.41) is 3.85. The fraction of sp³-hybridized carbons (Fsp3) is 0.458. The van der Waals surface area contributed by atoms with Crippen LogP contribution in [0.5, 0.6) is 5.75 Å². The third-order valence-corrected chi connectivity index (χ3v) is 7.08. The number of carbonyl (C=O) groups is 1. The summed E-state index contributed by atoms with van der Waals surface area (Å²) in [5.74, 6) is 1.25. The van der Waals surface area contributed by atoms with E-state index in [4.69, 9.17) is 27.9 Å². The quantitative estimate of drug-likeness (QED) is 0.410. The fourth-order valence-corrected chi connectivity index (χ4v) is 5.23. The molecular weight excluding hydrogens is 455 g/mol. The summed E-state index contributed by atoms with van der Waals surface area (Å²) in [6.07, 6.45) is 6.49. The van der Waals surface area contributed by atoms with Gasteiger partial charge in [-0.25, -0.2) is 0 Å². The molecule has 0 spiro atoms. The zero-order valence-corrected chi connectivity index (χ0v) is 19.8. The number of likely N-dealkylation sites (tertiary alicyclic amines) is 1. The Labute approximate surface area is 200 Å². The molecule has 2 unspecified atom stereocenters. The van der Waals surface area contributed by atoms with Crippen molar-refractivity contribution < 1.29 is 9.53 Å². The molecule has 2 atom stereocenters. The van der Waals surface area contributed by atoms with Crippen molar-refractivity contribution in [2.45, 2.75) is 44.1 Å². The molecule has 2 aromatic carbocycles. The molecule has 31 heavy (non-hydrogen) atoms. The Morgan fingerprint density at radius 2 is 1.90 bits per heavy atom. The molecule has 0 aromatic heterocycles. The maximum atomic E-state index is 10.4. The summed E-state index contributed by atoms with van der Waals surface area (Å²) >= 11 is 12.5. The van der Waals surface area contributed by atoms with Crippen LogP contribution in [0.1, 0.15) is 41.9 Å². The lowest BCUT2D eigenvalue weighted by Crippen LogP contribution is -2.41. The highest BCUT2D eigenvalue weighted by Crippen LogP contribution is 2.40. The van der Waals surface area contributed by atoms with Gasteiger partial charge in [-0.15, -0.1) is 12.4 Å². The number of fused-ring (bicyclic) bond motifs is 1. The SMILES string of the molecule is Cl.O=CNCCOc1ccc2c(c1)C(Cc1ccc(Cl)c(Cl)c1)C(N1CCCC1)CC2. The number of amides is 1.